The maximum absolute atomic E-state index is 11.9. The van der Waals surface area contributed by atoms with E-state index in [1.54, 1.807) is 18.2 Å². The molecule has 8 heteroatoms. The van der Waals surface area contributed by atoms with Gasteiger partial charge in [0.15, 0.2) is 6.61 Å². The largest absolute Gasteiger partial charge is 0.482 e. The molecule has 28 heavy (non-hydrogen) atoms. The summed E-state index contributed by atoms with van der Waals surface area (Å²) in [6.07, 6.45) is 1.46. The molecule has 0 aliphatic heterocycles. The van der Waals surface area contributed by atoms with Gasteiger partial charge in [-0.1, -0.05) is 6.07 Å². The second-order valence-corrected chi connectivity index (χ2v) is 6.92. The Morgan fingerprint density at radius 2 is 2.14 bits per heavy atom. The molecule has 0 amide bonds. The molecule has 1 aromatic carbocycles. The third kappa shape index (κ3) is 3.96. The number of rotatable bonds is 6. The number of ether oxygens (including phenoxy) is 2. The molecule has 4 aromatic rings. The van der Waals surface area contributed by atoms with Crippen molar-refractivity contribution < 1.29 is 23.1 Å². The highest BCUT2D eigenvalue weighted by atomic mass is 32.1. The molecule has 0 unspecified atom stereocenters. The van der Waals surface area contributed by atoms with E-state index in [-0.39, 0.29) is 13.2 Å². The van der Waals surface area contributed by atoms with Crippen molar-refractivity contribution in [2.24, 2.45) is 0 Å². The van der Waals surface area contributed by atoms with E-state index in [1.165, 1.54) is 23.7 Å². The maximum Gasteiger partial charge on any atom is 0.344 e. The molecule has 0 spiro atoms. The van der Waals surface area contributed by atoms with E-state index in [1.807, 2.05) is 24.4 Å². The lowest BCUT2D eigenvalue weighted by Gasteiger charge is -2.07. The summed E-state index contributed by atoms with van der Waals surface area (Å²) in [6.45, 7) is 1.53. The van der Waals surface area contributed by atoms with E-state index in [2.05, 4.69) is 4.98 Å². The molecule has 0 saturated heterocycles. The van der Waals surface area contributed by atoms with Crippen LogP contribution in [0.15, 0.2) is 61.7 Å². The fourth-order valence-corrected chi connectivity index (χ4v) is 3.28. The molecule has 0 fully saturated rings. The van der Waals surface area contributed by atoms with Crippen LogP contribution in [0.3, 0.4) is 0 Å². The minimum absolute atomic E-state index is 0.0111. The van der Waals surface area contributed by atoms with Gasteiger partial charge in [-0.05, 0) is 36.1 Å². The Morgan fingerprint density at radius 3 is 2.96 bits per heavy atom. The van der Waals surface area contributed by atoms with E-state index in [4.69, 9.17) is 18.3 Å². The Morgan fingerprint density at radius 1 is 1.25 bits per heavy atom. The SMILES string of the molecule is Cc1cc(=O)oc2cc(OCC(=O)OCc3coc(-c4cccs4)n3)ccc12. The summed E-state index contributed by atoms with van der Waals surface area (Å²) in [6, 6.07) is 10.3. The number of aryl methyl sites for hydroxylation is 1. The number of aromatic nitrogens is 1. The van der Waals surface area contributed by atoms with E-state index in [0.717, 1.165) is 15.8 Å². The highest BCUT2D eigenvalue weighted by molar-refractivity contribution is 7.13. The molecule has 0 saturated carbocycles. The third-order valence-corrected chi connectivity index (χ3v) is 4.80. The molecule has 0 bridgehead atoms. The summed E-state index contributed by atoms with van der Waals surface area (Å²) in [5.74, 6) is 0.344. The van der Waals surface area contributed by atoms with Crippen LogP contribution in [0, 0.1) is 6.92 Å². The van der Waals surface area contributed by atoms with Crippen LogP contribution in [0.1, 0.15) is 11.3 Å². The minimum Gasteiger partial charge on any atom is -0.482 e. The van der Waals surface area contributed by atoms with Crippen LogP contribution in [-0.2, 0) is 16.1 Å². The Labute approximate surface area is 163 Å². The van der Waals surface area contributed by atoms with E-state index < -0.39 is 11.6 Å². The number of carbonyl (C=O) groups excluding carboxylic acids is 1. The van der Waals surface area contributed by atoms with Gasteiger partial charge in [-0.3, -0.25) is 0 Å². The average molecular weight is 397 g/mol. The van der Waals surface area contributed by atoms with Crippen molar-refractivity contribution in [2.75, 3.05) is 6.61 Å². The molecule has 0 atom stereocenters. The van der Waals surface area contributed by atoms with Crippen LogP contribution in [0.5, 0.6) is 5.75 Å². The van der Waals surface area contributed by atoms with Gasteiger partial charge >= 0.3 is 11.6 Å². The first-order valence-electron chi connectivity index (χ1n) is 8.40. The van der Waals surface area contributed by atoms with E-state index >= 15 is 0 Å². The highest BCUT2D eigenvalue weighted by Gasteiger charge is 2.11. The topological polar surface area (TPSA) is 91.8 Å². The smallest absolute Gasteiger partial charge is 0.344 e. The first-order chi connectivity index (χ1) is 13.6. The summed E-state index contributed by atoms with van der Waals surface area (Å²) in [7, 11) is 0. The lowest BCUT2D eigenvalue weighted by Crippen LogP contribution is -2.14. The zero-order chi connectivity index (χ0) is 19.5. The monoisotopic (exact) mass is 397 g/mol. The number of hydrogen-bond donors (Lipinski definition) is 0. The van der Waals surface area contributed by atoms with Gasteiger partial charge in [-0.25, -0.2) is 14.6 Å². The highest BCUT2D eigenvalue weighted by Crippen LogP contribution is 2.24. The lowest BCUT2D eigenvalue weighted by molar-refractivity contribution is -0.147. The molecule has 3 heterocycles. The van der Waals surface area contributed by atoms with Crippen molar-refractivity contribution in [3.8, 4) is 16.5 Å². The van der Waals surface area contributed by atoms with Crippen LogP contribution in [0.2, 0.25) is 0 Å². The van der Waals surface area contributed by atoms with Gasteiger partial charge < -0.3 is 18.3 Å². The van der Waals surface area contributed by atoms with Gasteiger partial charge in [-0.2, -0.15) is 0 Å². The number of fused-ring (bicyclic) bond motifs is 1. The standard InChI is InChI=1S/C20H15NO6S/c1-12-7-18(22)27-16-8-14(4-5-15(12)16)24-11-19(23)25-9-13-10-26-20(21-13)17-3-2-6-28-17/h2-8,10H,9,11H2,1H3. The van der Waals surface area contributed by atoms with Crippen LogP contribution < -0.4 is 10.4 Å². The van der Waals surface area contributed by atoms with Crippen molar-refractivity contribution >= 4 is 28.3 Å². The van der Waals surface area contributed by atoms with Crippen molar-refractivity contribution in [1.29, 1.82) is 0 Å². The zero-order valence-electron chi connectivity index (χ0n) is 14.8. The Bertz CT molecular complexity index is 1180. The van der Waals surface area contributed by atoms with Crippen molar-refractivity contribution in [2.45, 2.75) is 13.5 Å². The molecule has 0 N–H and O–H groups in total. The molecular weight excluding hydrogens is 382 g/mol. The minimum atomic E-state index is -0.550. The van der Waals surface area contributed by atoms with Crippen molar-refractivity contribution in [3.63, 3.8) is 0 Å². The fourth-order valence-electron chi connectivity index (χ4n) is 2.62. The average Bonchev–Trinajstić information content (AvgIpc) is 3.35. The van der Waals surface area contributed by atoms with Gasteiger partial charge in [0.2, 0.25) is 5.89 Å². The molecular formula is C20H15NO6S. The van der Waals surface area contributed by atoms with Crippen molar-refractivity contribution in [3.05, 3.63) is 69.7 Å². The normalized spacial score (nSPS) is 10.9. The molecule has 0 aliphatic carbocycles. The summed E-state index contributed by atoms with van der Waals surface area (Å²) in [4.78, 5) is 28.6. The molecule has 3 aromatic heterocycles. The predicted octanol–water partition coefficient (Wildman–Crippen LogP) is 3.94. The molecule has 0 radical (unpaired) electrons. The number of esters is 1. The van der Waals surface area contributed by atoms with Gasteiger partial charge in [-0.15, -0.1) is 11.3 Å². The Balaban J connectivity index is 1.33. The van der Waals surface area contributed by atoms with E-state index in [9.17, 15) is 9.59 Å². The van der Waals surface area contributed by atoms with E-state index in [0.29, 0.717) is 22.9 Å². The quantitative estimate of drug-likeness (QED) is 0.359. The summed E-state index contributed by atoms with van der Waals surface area (Å²) in [5, 5.41) is 2.73. The first-order valence-corrected chi connectivity index (χ1v) is 9.28. The fraction of sp³-hybridized carbons (Fsp3) is 0.150. The zero-order valence-corrected chi connectivity index (χ0v) is 15.7. The summed E-state index contributed by atoms with van der Waals surface area (Å²) < 4.78 is 21.1. The second kappa shape index (κ2) is 7.69. The predicted molar refractivity (Wildman–Crippen MR) is 102 cm³/mol. The van der Waals surface area contributed by atoms with Crippen LogP contribution in [-0.4, -0.2) is 17.6 Å². The van der Waals surface area contributed by atoms with Gasteiger partial charge in [0.25, 0.3) is 0 Å². The van der Waals surface area contributed by atoms with Crippen LogP contribution in [0.25, 0.3) is 21.7 Å². The summed E-state index contributed by atoms with van der Waals surface area (Å²) >= 11 is 1.51. The number of carbonyl (C=O) groups is 1. The molecule has 7 nitrogen and oxygen atoms in total. The maximum atomic E-state index is 11.9. The van der Waals surface area contributed by atoms with Gasteiger partial charge in [0, 0.05) is 17.5 Å². The number of hydrogen-bond acceptors (Lipinski definition) is 8. The molecule has 4 rings (SSSR count). The Hall–Kier alpha value is -3.39. The van der Waals surface area contributed by atoms with Gasteiger partial charge in [0.1, 0.15) is 29.9 Å². The first kappa shape index (κ1) is 18.0. The van der Waals surface area contributed by atoms with Crippen LogP contribution >= 0.6 is 11.3 Å². The second-order valence-electron chi connectivity index (χ2n) is 5.98. The Kier molecular flexibility index (Phi) is 4.94. The molecule has 0 aliphatic rings. The van der Waals surface area contributed by atoms with Gasteiger partial charge in [0.05, 0.1) is 4.88 Å². The van der Waals surface area contributed by atoms with Crippen LogP contribution in [0.4, 0.5) is 0 Å². The third-order valence-electron chi connectivity index (χ3n) is 3.94. The number of nitrogens with zero attached hydrogens (tertiary/aromatic N) is 1. The van der Waals surface area contributed by atoms with Crippen molar-refractivity contribution in [1.82, 2.24) is 4.98 Å². The number of benzene rings is 1. The summed E-state index contributed by atoms with van der Waals surface area (Å²) in [5.41, 5.74) is 1.29. The molecule has 142 valence electrons. The lowest BCUT2D eigenvalue weighted by atomic mass is 10.1. The number of oxazole rings is 1. The number of thiophene rings is 1.